The Bertz CT molecular complexity index is 623. The molecule has 0 radical (unpaired) electrons. The first kappa shape index (κ1) is 13.5. The number of rotatable bonds is 2. The van der Waals surface area contributed by atoms with E-state index >= 15 is 0 Å². The highest BCUT2D eigenvalue weighted by atomic mass is 19.4. The zero-order valence-electron chi connectivity index (χ0n) is 10.5. The lowest BCUT2D eigenvalue weighted by atomic mass is 10.0. The molecule has 0 aliphatic rings. The molecule has 0 bridgehead atoms. The molecular weight excluding hydrogens is 257 g/mol. The number of alkyl halides is 3. The van der Waals surface area contributed by atoms with Crippen molar-refractivity contribution < 1.29 is 17.9 Å². The third kappa shape index (κ3) is 2.72. The second-order valence-corrected chi connectivity index (χ2v) is 4.17. The molecule has 0 atom stereocenters. The molecule has 1 heterocycles. The maximum absolute atomic E-state index is 12.2. The lowest BCUT2D eigenvalue weighted by molar-refractivity contribution is -0.274. The SMILES string of the molecule is CCc1c(C)nc2ccc(OC(F)(F)F)cc2c1N. The summed E-state index contributed by atoms with van der Waals surface area (Å²) >= 11 is 0. The summed E-state index contributed by atoms with van der Waals surface area (Å²) in [7, 11) is 0. The Balaban J connectivity index is 2.59. The first-order chi connectivity index (χ1) is 8.81. The summed E-state index contributed by atoms with van der Waals surface area (Å²) in [5.41, 5.74) is 8.63. The van der Waals surface area contributed by atoms with Crippen LogP contribution in [0.4, 0.5) is 18.9 Å². The van der Waals surface area contributed by atoms with E-state index in [4.69, 9.17) is 5.73 Å². The molecule has 102 valence electrons. The fraction of sp³-hybridized carbons (Fsp3) is 0.308. The smallest absolute Gasteiger partial charge is 0.406 e. The molecule has 0 unspecified atom stereocenters. The number of hydrogen-bond donors (Lipinski definition) is 1. The number of ether oxygens (including phenoxy) is 1. The molecule has 0 saturated heterocycles. The average molecular weight is 270 g/mol. The minimum atomic E-state index is -4.71. The fourth-order valence-corrected chi connectivity index (χ4v) is 2.08. The van der Waals surface area contributed by atoms with Gasteiger partial charge in [-0.3, -0.25) is 4.98 Å². The van der Waals surface area contributed by atoms with Gasteiger partial charge in [-0.25, -0.2) is 0 Å². The van der Waals surface area contributed by atoms with Gasteiger partial charge in [0.2, 0.25) is 0 Å². The van der Waals surface area contributed by atoms with Crippen molar-refractivity contribution in [3.63, 3.8) is 0 Å². The summed E-state index contributed by atoms with van der Waals surface area (Å²) in [6.07, 6.45) is -4.04. The topological polar surface area (TPSA) is 48.1 Å². The highest BCUT2D eigenvalue weighted by Gasteiger charge is 2.31. The number of aryl methyl sites for hydroxylation is 1. The molecule has 2 rings (SSSR count). The van der Waals surface area contributed by atoms with Crippen LogP contribution in [-0.4, -0.2) is 11.3 Å². The van der Waals surface area contributed by atoms with Gasteiger partial charge in [-0.15, -0.1) is 13.2 Å². The van der Waals surface area contributed by atoms with Crippen LogP contribution in [0.5, 0.6) is 5.75 Å². The van der Waals surface area contributed by atoms with Crippen molar-refractivity contribution in [2.75, 3.05) is 5.73 Å². The number of nitrogen functional groups attached to an aromatic ring is 1. The van der Waals surface area contributed by atoms with E-state index in [-0.39, 0.29) is 5.75 Å². The number of fused-ring (bicyclic) bond motifs is 1. The second-order valence-electron chi connectivity index (χ2n) is 4.17. The van der Waals surface area contributed by atoms with E-state index < -0.39 is 6.36 Å². The number of nitrogens with zero attached hydrogens (tertiary/aromatic N) is 1. The lowest BCUT2D eigenvalue weighted by Gasteiger charge is -2.13. The van der Waals surface area contributed by atoms with E-state index in [0.717, 1.165) is 11.3 Å². The largest absolute Gasteiger partial charge is 0.573 e. The molecule has 0 aliphatic carbocycles. The van der Waals surface area contributed by atoms with Gasteiger partial charge in [-0.2, -0.15) is 0 Å². The van der Waals surface area contributed by atoms with Crippen molar-refractivity contribution in [3.8, 4) is 5.75 Å². The number of hydrogen-bond acceptors (Lipinski definition) is 3. The van der Waals surface area contributed by atoms with Crippen LogP contribution in [0.3, 0.4) is 0 Å². The summed E-state index contributed by atoms with van der Waals surface area (Å²) < 4.78 is 40.4. The minimum absolute atomic E-state index is 0.292. The summed E-state index contributed by atoms with van der Waals surface area (Å²) in [5.74, 6) is -0.292. The number of nitrogens with two attached hydrogens (primary N) is 1. The summed E-state index contributed by atoms with van der Waals surface area (Å²) in [6, 6.07) is 3.97. The molecule has 0 fully saturated rings. The first-order valence-electron chi connectivity index (χ1n) is 5.76. The van der Waals surface area contributed by atoms with Gasteiger partial charge in [0, 0.05) is 16.8 Å². The summed E-state index contributed by atoms with van der Waals surface area (Å²) in [6.45, 7) is 3.75. The Labute approximate surface area is 108 Å². The average Bonchev–Trinajstić information content (AvgIpc) is 2.29. The van der Waals surface area contributed by atoms with Gasteiger partial charge in [-0.05, 0) is 37.1 Å². The minimum Gasteiger partial charge on any atom is -0.406 e. The van der Waals surface area contributed by atoms with Gasteiger partial charge in [0.25, 0.3) is 0 Å². The number of benzene rings is 1. The second kappa shape index (κ2) is 4.60. The molecule has 0 amide bonds. The van der Waals surface area contributed by atoms with Crippen LogP contribution in [0.2, 0.25) is 0 Å². The van der Waals surface area contributed by atoms with Gasteiger partial charge in [0.05, 0.1) is 5.52 Å². The maximum Gasteiger partial charge on any atom is 0.573 e. The van der Waals surface area contributed by atoms with E-state index in [9.17, 15) is 13.2 Å². The Hall–Kier alpha value is -1.98. The highest BCUT2D eigenvalue weighted by molar-refractivity contribution is 5.93. The normalized spacial score (nSPS) is 11.8. The van der Waals surface area contributed by atoms with Crippen LogP contribution in [0.25, 0.3) is 10.9 Å². The van der Waals surface area contributed by atoms with Crippen molar-refractivity contribution in [3.05, 3.63) is 29.5 Å². The summed E-state index contributed by atoms with van der Waals surface area (Å²) in [4.78, 5) is 4.33. The maximum atomic E-state index is 12.2. The Morgan fingerprint density at radius 2 is 2.00 bits per heavy atom. The Kier molecular flexibility index (Phi) is 3.26. The van der Waals surface area contributed by atoms with Crippen molar-refractivity contribution in [2.45, 2.75) is 26.6 Å². The predicted molar refractivity (Wildman–Crippen MR) is 67.0 cm³/mol. The van der Waals surface area contributed by atoms with Gasteiger partial charge in [0.1, 0.15) is 5.75 Å². The number of halogens is 3. The predicted octanol–water partition coefficient (Wildman–Crippen LogP) is 3.59. The van der Waals surface area contributed by atoms with Gasteiger partial charge in [0.15, 0.2) is 0 Å². The molecule has 2 aromatic rings. The molecule has 0 aliphatic heterocycles. The van der Waals surface area contributed by atoms with Crippen LogP contribution in [0.1, 0.15) is 18.2 Å². The Morgan fingerprint density at radius 3 is 2.58 bits per heavy atom. The molecule has 1 aromatic carbocycles. The number of aromatic nitrogens is 1. The zero-order chi connectivity index (χ0) is 14.2. The molecular formula is C13H13F3N2O. The van der Waals surface area contributed by atoms with E-state index in [1.807, 2.05) is 13.8 Å². The van der Waals surface area contributed by atoms with E-state index in [1.54, 1.807) is 0 Å². The fourth-order valence-electron chi connectivity index (χ4n) is 2.08. The molecule has 0 spiro atoms. The molecule has 6 heteroatoms. The van der Waals surface area contributed by atoms with Crippen LogP contribution in [-0.2, 0) is 6.42 Å². The van der Waals surface area contributed by atoms with Gasteiger partial charge >= 0.3 is 6.36 Å². The lowest BCUT2D eigenvalue weighted by Crippen LogP contribution is -2.17. The molecule has 19 heavy (non-hydrogen) atoms. The van der Waals surface area contributed by atoms with E-state index in [2.05, 4.69) is 9.72 Å². The molecule has 0 saturated carbocycles. The zero-order valence-corrected chi connectivity index (χ0v) is 10.5. The van der Waals surface area contributed by atoms with Crippen molar-refractivity contribution in [1.82, 2.24) is 4.98 Å². The van der Waals surface area contributed by atoms with Crippen molar-refractivity contribution >= 4 is 16.6 Å². The van der Waals surface area contributed by atoms with Crippen LogP contribution >= 0.6 is 0 Å². The third-order valence-electron chi connectivity index (χ3n) is 2.90. The van der Waals surface area contributed by atoms with Crippen molar-refractivity contribution in [2.24, 2.45) is 0 Å². The molecule has 3 nitrogen and oxygen atoms in total. The first-order valence-corrected chi connectivity index (χ1v) is 5.76. The van der Waals surface area contributed by atoms with E-state index in [1.165, 1.54) is 18.2 Å². The number of anilines is 1. The number of pyridine rings is 1. The summed E-state index contributed by atoms with van der Waals surface area (Å²) in [5, 5.41) is 0.476. The van der Waals surface area contributed by atoms with Gasteiger partial charge < -0.3 is 10.5 Å². The van der Waals surface area contributed by atoms with Gasteiger partial charge in [-0.1, -0.05) is 6.92 Å². The van der Waals surface area contributed by atoms with Crippen LogP contribution in [0.15, 0.2) is 18.2 Å². The molecule has 1 aromatic heterocycles. The van der Waals surface area contributed by atoms with Crippen LogP contribution in [0, 0.1) is 6.92 Å². The standard InChI is InChI=1S/C13H13F3N2O/c1-3-9-7(2)18-11-5-4-8(19-13(14,15)16)6-10(11)12(9)17/h4-6H,3H2,1-2H3,(H2,17,18). The highest BCUT2D eigenvalue weighted by Crippen LogP contribution is 2.31. The quantitative estimate of drug-likeness (QED) is 0.907. The monoisotopic (exact) mass is 270 g/mol. The van der Waals surface area contributed by atoms with Crippen LogP contribution < -0.4 is 10.5 Å². The van der Waals surface area contributed by atoms with E-state index in [0.29, 0.717) is 23.0 Å². The molecule has 2 N–H and O–H groups in total. The van der Waals surface area contributed by atoms with Crippen molar-refractivity contribution in [1.29, 1.82) is 0 Å². The third-order valence-corrected chi connectivity index (χ3v) is 2.90. The Morgan fingerprint density at radius 1 is 1.32 bits per heavy atom.